The van der Waals surface area contributed by atoms with Gasteiger partial charge in [-0.2, -0.15) is 0 Å². The maximum absolute atomic E-state index is 14.5. The number of ether oxygens (including phenoxy) is 6. The third-order valence-corrected chi connectivity index (χ3v) is 14.9. The van der Waals surface area contributed by atoms with Crippen LogP contribution in [0.1, 0.15) is 126 Å². The van der Waals surface area contributed by atoms with Crippen LogP contribution in [0.15, 0.2) is 47.6 Å². The molecule has 4 aliphatic rings. The fraction of sp³-hybridized carbons (Fsp3) is 0.755. The first kappa shape index (κ1) is 58.1. The molecule has 0 radical (unpaired) electrons. The number of amides is 1. The minimum Gasteiger partial charge on any atom is -0.460 e. The first-order valence-corrected chi connectivity index (χ1v) is 25.1. The molecule has 0 aromatic carbocycles. The Morgan fingerprint density at radius 1 is 0.855 bits per heavy atom. The molecule has 390 valence electrons. The van der Waals surface area contributed by atoms with Crippen LogP contribution in [0.5, 0.6) is 0 Å². The van der Waals surface area contributed by atoms with E-state index >= 15 is 0 Å². The average molecular weight is 974 g/mol. The normalized spacial score (nSPS) is 39.2. The molecule has 69 heavy (non-hydrogen) atoms. The van der Waals surface area contributed by atoms with Gasteiger partial charge in [0.25, 0.3) is 11.7 Å². The lowest BCUT2D eigenvalue weighted by molar-refractivity contribution is -0.265. The summed E-state index contributed by atoms with van der Waals surface area (Å²) < 4.78 is 35.2. The Morgan fingerprint density at radius 3 is 2.25 bits per heavy atom. The Bertz CT molecular complexity index is 1850. The molecule has 3 fully saturated rings. The highest BCUT2D eigenvalue weighted by Crippen LogP contribution is 2.38. The summed E-state index contributed by atoms with van der Waals surface area (Å²) in [4.78, 5) is 72.1. The van der Waals surface area contributed by atoms with Crippen molar-refractivity contribution in [3.63, 3.8) is 0 Å². The summed E-state index contributed by atoms with van der Waals surface area (Å²) >= 11 is 0. The number of allylic oxidation sites excluding steroid dienone is 6. The van der Waals surface area contributed by atoms with Gasteiger partial charge in [0.1, 0.15) is 30.1 Å². The molecule has 1 saturated carbocycles. The second-order valence-electron chi connectivity index (χ2n) is 20.3. The topological polar surface area (TPSA) is 225 Å². The molecule has 1 amide bonds. The number of carbonyl (C=O) groups is 5. The number of esters is 1. The fourth-order valence-electron chi connectivity index (χ4n) is 10.5. The smallest absolute Gasteiger partial charge is 0.329 e. The van der Waals surface area contributed by atoms with Crippen molar-refractivity contribution in [3.05, 3.63) is 47.6 Å². The number of hydrogen-bond donors (Lipinski definition) is 4. The molecule has 2 saturated heterocycles. The van der Waals surface area contributed by atoms with Crippen LogP contribution < -0.4 is 0 Å². The predicted octanol–water partition coefficient (Wildman–Crippen LogP) is 5.52. The Balaban J connectivity index is 1.70. The van der Waals surface area contributed by atoms with E-state index in [0.29, 0.717) is 69.8 Å². The van der Waals surface area contributed by atoms with Crippen molar-refractivity contribution in [2.24, 2.45) is 35.5 Å². The number of piperidine rings is 1. The molecule has 3 heterocycles. The van der Waals surface area contributed by atoms with E-state index in [1.807, 2.05) is 51.2 Å². The Labute approximate surface area is 409 Å². The van der Waals surface area contributed by atoms with E-state index in [1.165, 1.54) is 12.0 Å². The molecular weight excluding hydrogens is 891 g/mol. The molecule has 0 unspecified atom stereocenters. The molecule has 16 heteroatoms. The highest BCUT2D eigenvalue weighted by molar-refractivity contribution is 6.39. The van der Waals surface area contributed by atoms with Gasteiger partial charge in [0.15, 0.2) is 12.1 Å². The molecule has 3 aliphatic heterocycles. The van der Waals surface area contributed by atoms with Gasteiger partial charge in [-0.3, -0.25) is 19.2 Å². The third kappa shape index (κ3) is 15.8. The van der Waals surface area contributed by atoms with Gasteiger partial charge >= 0.3 is 5.97 Å². The SMILES string of the molecule is CO[C@H]1C[C@@H]2CC[C@@H](C)[C@@](O)(O2)C(=O)C(=O)N2CCCC[C@H]2C(=O)O[C@H]([C@H](C)C[C@H]2CC[C@@H](O[C@H](O)CO)[C@H](OC)C2)CC(=O)[C@H](C)/C=C(\C)[C@@H](O)[C@@H](OC)C(=O)[C@H](C)C[C@H](C)/C=C/C=C/C=C/1C. The Morgan fingerprint density at radius 2 is 1.58 bits per heavy atom. The standard InChI is InChI=1S/C53H83NO15/c1-31-16-12-11-13-17-32(2)43(64-8)28-39-21-19-37(7)53(63,69-39)50(60)51(61)54-23-15-14-18-40(54)52(62)68-44(34(4)26-38-20-22-42(45(27-38)65-9)67-46(57)30-55)29-41(56)33(3)25-36(6)48(59)49(66-10)47(58)35(5)24-31/h11-13,16-17,25,31,33-35,37-40,42-46,48-49,55,57,59,63H,14-15,18-24,26-30H2,1-10H3/b13-11+,16-12+,32-17+,36-25+/t31-,33-,34-,35-,37-,38-,39+,40+,42-,43+,44+,45-,46+,48-,49+,53-/m1/s1. The monoisotopic (exact) mass is 974 g/mol. The molecule has 0 spiro atoms. The van der Waals surface area contributed by atoms with Crippen molar-refractivity contribution in [2.45, 2.75) is 186 Å². The van der Waals surface area contributed by atoms with Gasteiger partial charge in [0, 0.05) is 58.5 Å². The summed E-state index contributed by atoms with van der Waals surface area (Å²) in [5.41, 5.74) is 1.24. The zero-order chi connectivity index (χ0) is 51.2. The van der Waals surface area contributed by atoms with E-state index in [0.717, 1.165) is 5.57 Å². The van der Waals surface area contributed by atoms with Crippen molar-refractivity contribution in [3.8, 4) is 0 Å². The zero-order valence-corrected chi connectivity index (χ0v) is 42.8. The van der Waals surface area contributed by atoms with Crippen molar-refractivity contribution < 1.29 is 72.8 Å². The number of Topliss-reactive ketones (excluding diaryl/α,β-unsaturated/α-hetero) is 3. The second-order valence-corrected chi connectivity index (χ2v) is 20.3. The minimum atomic E-state index is -2.45. The van der Waals surface area contributed by atoms with E-state index in [4.69, 9.17) is 28.4 Å². The van der Waals surface area contributed by atoms with Crippen LogP contribution in [-0.2, 0) is 52.4 Å². The van der Waals surface area contributed by atoms with Crippen molar-refractivity contribution in [1.82, 2.24) is 4.90 Å². The summed E-state index contributed by atoms with van der Waals surface area (Å²) in [5, 5.41) is 42.8. The lowest BCUT2D eigenvalue weighted by Gasteiger charge is -2.42. The first-order valence-electron chi connectivity index (χ1n) is 25.1. The molecule has 16 nitrogen and oxygen atoms in total. The van der Waals surface area contributed by atoms with Crippen molar-refractivity contribution >= 4 is 29.2 Å². The van der Waals surface area contributed by atoms with Crippen molar-refractivity contribution in [1.29, 1.82) is 0 Å². The first-order chi connectivity index (χ1) is 32.7. The number of ketones is 3. The Kier molecular flexibility index (Phi) is 23.1. The van der Waals surface area contributed by atoms with E-state index in [2.05, 4.69) is 0 Å². The van der Waals surface area contributed by atoms with E-state index in [9.17, 15) is 44.4 Å². The van der Waals surface area contributed by atoms with E-state index < -0.39 is 103 Å². The summed E-state index contributed by atoms with van der Waals surface area (Å²) in [6.07, 6.45) is 9.43. The quantitative estimate of drug-likeness (QED) is 0.0967. The largest absolute Gasteiger partial charge is 0.460 e. The lowest BCUT2D eigenvalue weighted by atomic mass is 9.78. The molecule has 4 N–H and O–H groups in total. The van der Waals surface area contributed by atoms with Gasteiger partial charge in [-0.15, -0.1) is 0 Å². The van der Waals surface area contributed by atoms with Gasteiger partial charge < -0.3 is 53.7 Å². The fourth-order valence-corrected chi connectivity index (χ4v) is 10.5. The van der Waals surface area contributed by atoms with Crippen LogP contribution >= 0.6 is 0 Å². The number of nitrogens with zero attached hydrogens (tertiary/aromatic N) is 1. The van der Waals surface area contributed by atoms with Gasteiger partial charge in [-0.25, -0.2) is 4.79 Å². The van der Waals surface area contributed by atoms with Gasteiger partial charge in [0.05, 0.1) is 31.0 Å². The predicted molar refractivity (Wildman–Crippen MR) is 257 cm³/mol. The molecular formula is C53H83NO15. The van der Waals surface area contributed by atoms with Crippen LogP contribution in [0.3, 0.4) is 0 Å². The summed E-state index contributed by atoms with van der Waals surface area (Å²) in [6.45, 7) is 12.1. The highest BCUT2D eigenvalue weighted by atomic mass is 16.6. The maximum atomic E-state index is 14.5. The summed E-state index contributed by atoms with van der Waals surface area (Å²) in [6, 6.07) is -1.17. The molecule has 2 bridgehead atoms. The number of hydrogen-bond acceptors (Lipinski definition) is 15. The number of aliphatic hydroxyl groups is 4. The van der Waals surface area contributed by atoms with Crippen molar-refractivity contribution in [2.75, 3.05) is 34.5 Å². The van der Waals surface area contributed by atoms with Crippen LogP contribution in [0.25, 0.3) is 0 Å². The third-order valence-electron chi connectivity index (χ3n) is 14.9. The van der Waals surface area contributed by atoms with Gasteiger partial charge in [-0.1, -0.05) is 71.1 Å². The lowest BCUT2D eigenvalue weighted by Crippen LogP contribution is -2.61. The molecule has 0 aromatic rings. The van der Waals surface area contributed by atoms with Crippen LogP contribution in [-0.4, -0.2) is 150 Å². The van der Waals surface area contributed by atoms with Gasteiger partial charge in [0.2, 0.25) is 5.79 Å². The van der Waals surface area contributed by atoms with Crippen LogP contribution in [0.4, 0.5) is 0 Å². The molecule has 4 rings (SSSR count). The zero-order valence-electron chi connectivity index (χ0n) is 42.8. The van der Waals surface area contributed by atoms with E-state index in [1.54, 1.807) is 48.0 Å². The number of rotatable bonds is 9. The molecule has 0 aromatic heterocycles. The minimum absolute atomic E-state index is 0.00563. The summed E-state index contributed by atoms with van der Waals surface area (Å²) in [5.74, 6) is -8.29. The van der Waals surface area contributed by atoms with Crippen LogP contribution in [0.2, 0.25) is 0 Å². The van der Waals surface area contributed by atoms with Gasteiger partial charge in [-0.05, 0) is 107 Å². The number of aliphatic hydroxyl groups excluding tert-OH is 3. The maximum Gasteiger partial charge on any atom is 0.329 e. The van der Waals surface area contributed by atoms with Crippen LogP contribution in [0, 0.1) is 35.5 Å². The average Bonchev–Trinajstić information content (AvgIpc) is 3.33. The number of cyclic esters (lactones) is 1. The second kappa shape index (κ2) is 27.4. The number of carbonyl (C=O) groups excluding carboxylic acids is 5. The molecule has 1 aliphatic carbocycles. The Hall–Kier alpha value is -3.45. The number of methoxy groups -OCH3 is 3. The summed E-state index contributed by atoms with van der Waals surface area (Å²) in [7, 11) is 4.49. The number of fused-ring (bicyclic) bond motifs is 3. The highest BCUT2D eigenvalue weighted by Gasteiger charge is 2.53. The molecule has 16 atom stereocenters. The van der Waals surface area contributed by atoms with E-state index in [-0.39, 0.29) is 48.9 Å².